The Morgan fingerprint density at radius 3 is 2.11 bits per heavy atom. The molecule has 0 spiro atoms. The minimum Gasteiger partial charge on any atom is -0.495 e. The first-order valence-corrected chi connectivity index (χ1v) is 9.49. The van der Waals surface area contributed by atoms with E-state index in [2.05, 4.69) is 5.32 Å². The maximum absolute atomic E-state index is 12.5. The third-order valence-corrected chi connectivity index (χ3v) is 4.92. The van der Waals surface area contributed by atoms with E-state index in [0.29, 0.717) is 11.5 Å². The Bertz CT molecular complexity index is 943. The van der Waals surface area contributed by atoms with Crippen LogP contribution < -0.4 is 24.7 Å². The number of hydrogen-bond acceptors (Lipinski definition) is 6. The molecule has 1 atom stereocenters. The number of amides is 1. The van der Waals surface area contributed by atoms with Crippen LogP contribution in [0.15, 0.2) is 41.3 Å². The zero-order valence-electron chi connectivity index (χ0n) is 15.5. The van der Waals surface area contributed by atoms with Crippen molar-refractivity contribution in [3.63, 3.8) is 0 Å². The quantitative estimate of drug-likeness (QED) is 0.740. The molecule has 0 aromatic heterocycles. The van der Waals surface area contributed by atoms with E-state index in [4.69, 9.17) is 19.3 Å². The summed E-state index contributed by atoms with van der Waals surface area (Å²) in [6.45, 7) is 1.79. The van der Waals surface area contributed by atoms with Gasteiger partial charge in [-0.05, 0) is 42.8 Å². The fourth-order valence-electron chi connectivity index (χ4n) is 2.53. The van der Waals surface area contributed by atoms with E-state index in [1.807, 2.05) is 0 Å². The van der Waals surface area contributed by atoms with E-state index in [1.54, 1.807) is 25.1 Å². The average molecular weight is 394 g/mol. The molecule has 8 nitrogen and oxygen atoms in total. The molecule has 0 heterocycles. The number of methoxy groups -OCH3 is 3. The number of ether oxygens (including phenoxy) is 3. The van der Waals surface area contributed by atoms with Gasteiger partial charge in [-0.2, -0.15) is 0 Å². The minimum absolute atomic E-state index is 0.0713. The number of rotatable bonds is 7. The summed E-state index contributed by atoms with van der Waals surface area (Å²) >= 11 is 0. The normalized spacial score (nSPS) is 12.2. The lowest BCUT2D eigenvalue weighted by atomic mass is 10.1. The number of nitrogens with one attached hydrogen (secondary N) is 1. The van der Waals surface area contributed by atoms with E-state index in [9.17, 15) is 13.2 Å². The Kier molecular flexibility index (Phi) is 6.29. The van der Waals surface area contributed by atoms with Gasteiger partial charge in [0.2, 0.25) is 10.0 Å². The molecule has 0 fully saturated rings. The van der Waals surface area contributed by atoms with E-state index < -0.39 is 15.9 Å². The fraction of sp³-hybridized carbons (Fsp3) is 0.278. The first-order valence-electron chi connectivity index (χ1n) is 7.95. The summed E-state index contributed by atoms with van der Waals surface area (Å²) in [5.41, 5.74) is 0.938. The zero-order valence-corrected chi connectivity index (χ0v) is 16.3. The zero-order chi connectivity index (χ0) is 20.2. The molecule has 0 aliphatic carbocycles. The van der Waals surface area contributed by atoms with Crippen molar-refractivity contribution in [3.8, 4) is 17.2 Å². The summed E-state index contributed by atoms with van der Waals surface area (Å²) in [7, 11) is 0.350. The lowest BCUT2D eigenvalue weighted by Gasteiger charge is -2.17. The molecular weight excluding hydrogens is 372 g/mol. The topological polar surface area (TPSA) is 117 Å². The van der Waals surface area contributed by atoms with E-state index in [-0.39, 0.29) is 22.3 Å². The first kappa shape index (κ1) is 20.5. The number of primary sulfonamides is 1. The highest BCUT2D eigenvalue weighted by Crippen LogP contribution is 2.30. The van der Waals surface area contributed by atoms with Crippen molar-refractivity contribution in [2.75, 3.05) is 21.3 Å². The molecule has 27 heavy (non-hydrogen) atoms. The van der Waals surface area contributed by atoms with Crippen molar-refractivity contribution < 1.29 is 27.4 Å². The van der Waals surface area contributed by atoms with Crippen molar-refractivity contribution in [2.45, 2.75) is 17.9 Å². The SMILES string of the molecule is COc1ccc(C(C)NC(=O)c2ccc(OC)c(S(N)(=O)=O)c2)cc1OC. The largest absolute Gasteiger partial charge is 0.495 e. The molecule has 146 valence electrons. The molecule has 0 saturated carbocycles. The van der Waals surface area contributed by atoms with Crippen LogP contribution in [0, 0.1) is 0 Å². The second-order valence-electron chi connectivity index (χ2n) is 5.72. The molecule has 2 rings (SSSR count). The van der Waals surface area contributed by atoms with E-state index >= 15 is 0 Å². The van der Waals surface area contributed by atoms with Crippen LogP contribution in [0.25, 0.3) is 0 Å². The van der Waals surface area contributed by atoms with Gasteiger partial charge < -0.3 is 19.5 Å². The summed E-state index contributed by atoms with van der Waals surface area (Å²) in [6, 6.07) is 8.97. The minimum atomic E-state index is -4.03. The molecule has 9 heteroatoms. The second kappa shape index (κ2) is 8.28. The van der Waals surface area contributed by atoms with Gasteiger partial charge in [0, 0.05) is 5.56 Å². The molecule has 1 unspecified atom stereocenters. The average Bonchev–Trinajstić information content (AvgIpc) is 2.65. The highest BCUT2D eigenvalue weighted by molar-refractivity contribution is 7.89. The van der Waals surface area contributed by atoms with Crippen LogP contribution in [-0.2, 0) is 10.0 Å². The van der Waals surface area contributed by atoms with Crippen molar-refractivity contribution in [2.24, 2.45) is 5.14 Å². The van der Waals surface area contributed by atoms with E-state index in [1.165, 1.54) is 39.5 Å². The van der Waals surface area contributed by atoms with Crippen LogP contribution in [0.3, 0.4) is 0 Å². The molecule has 0 aliphatic rings. The summed E-state index contributed by atoms with van der Waals surface area (Å²) < 4.78 is 38.9. The van der Waals surface area contributed by atoms with Gasteiger partial charge in [-0.1, -0.05) is 6.07 Å². The molecule has 0 bridgehead atoms. The van der Waals surface area contributed by atoms with Crippen LogP contribution in [-0.4, -0.2) is 35.7 Å². The van der Waals surface area contributed by atoms with Crippen LogP contribution in [0.4, 0.5) is 0 Å². The van der Waals surface area contributed by atoms with Crippen molar-refractivity contribution in [1.29, 1.82) is 0 Å². The molecule has 0 saturated heterocycles. The summed E-state index contributed by atoms with van der Waals surface area (Å²) in [4.78, 5) is 12.3. The molecule has 2 aromatic carbocycles. The number of nitrogens with two attached hydrogens (primary N) is 1. The van der Waals surface area contributed by atoms with Crippen LogP contribution >= 0.6 is 0 Å². The molecule has 3 N–H and O–H groups in total. The van der Waals surface area contributed by atoms with Crippen molar-refractivity contribution in [3.05, 3.63) is 47.5 Å². The maximum Gasteiger partial charge on any atom is 0.251 e. The van der Waals surface area contributed by atoms with Gasteiger partial charge in [-0.15, -0.1) is 0 Å². The lowest BCUT2D eigenvalue weighted by molar-refractivity contribution is 0.0939. The third kappa shape index (κ3) is 4.69. The van der Waals surface area contributed by atoms with Gasteiger partial charge in [-0.25, -0.2) is 13.6 Å². The molecule has 1 amide bonds. The van der Waals surface area contributed by atoms with Gasteiger partial charge in [0.25, 0.3) is 5.91 Å². The smallest absolute Gasteiger partial charge is 0.251 e. The van der Waals surface area contributed by atoms with Gasteiger partial charge in [0.15, 0.2) is 11.5 Å². The number of carbonyl (C=O) groups excluding carboxylic acids is 1. The summed E-state index contributed by atoms with van der Waals surface area (Å²) in [6.07, 6.45) is 0. The highest BCUT2D eigenvalue weighted by Gasteiger charge is 2.19. The monoisotopic (exact) mass is 394 g/mol. The predicted octanol–water partition coefficient (Wildman–Crippen LogP) is 1.85. The standard InChI is InChI=1S/C18H22N2O6S/c1-11(12-5-7-14(24-2)16(9-12)26-4)20-18(21)13-6-8-15(25-3)17(10-13)27(19,22)23/h5-11H,1-4H3,(H,20,21)(H2,19,22,23). The molecule has 0 radical (unpaired) electrons. The van der Waals surface area contributed by atoms with Crippen molar-refractivity contribution >= 4 is 15.9 Å². The molecular formula is C18H22N2O6S. The number of sulfonamides is 1. The Hall–Kier alpha value is -2.78. The number of carbonyl (C=O) groups is 1. The Morgan fingerprint density at radius 2 is 1.56 bits per heavy atom. The van der Waals surface area contributed by atoms with E-state index in [0.717, 1.165) is 5.56 Å². The Labute approximate surface area is 158 Å². The lowest BCUT2D eigenvalue weighted by Crippen LogP contribution is -2.27. The summed E-state index contributed by atoms with van der Waals surface area (Å²) in [5, 5.41) is 7.99. The second-order valence-corrected chi connectivity index (χ2v) is 7.25. The highest BCUT2D eigenvalue weighted by atomic mass is 32.2. The third-order valence-electron chi connectivity index (χ3n) is 3.99. The van der Waals surface area contributed by atoms with Crippen LogP contribution in [0.1, 0.15) is 28.9 Å². The Balaban J connectivity index is 2.27. The summed E-state index contributed by atoms with van der Waals surface area (Å²) in [5.74, 6) is 0.733. The predicted molar refractivity (Wildman–Crippen MR) is 99.8 cm³/mol. The number of benzene rings is 2. The van der Waals surface area contributed by atoms with Crippen LogP contribution in [0.2, 0.25) is 0 Å². The number of hydrogen-bond donors (Lipinski definition) is 2. The fourth-order valence-corrected chi connectivity index (χ4v) is 3.25. The first-order chi connectivity index (χ1) is 12.7. The van der Waals surface area contributed by atoms with Gasteiger partial charge in [-0.3, -0.25) is 4.79 Å². The molecule has 0 aliphatic heterocycles. The van der Waals surface area contributed by atoms with Gasteiger partial charge in [0.1, 0.15) is 10.6 Å². The van der Waals surface area contributed by atoms with Crippen LogP contribution in [0.5, 0.6) is 17.2 Å². The van der Waals surface area contributed by atoms with Gasteiger partial charge in [0.05, 0.1) is 27.4 Å². The Morgan fingerprint density at radius 1 is 0.963 bits per heavy atom. The maximum atomic E-state index is 12.5. The van der Waals surface area contributed by atoms with Crippen molar-refractivity contribution in [1.82, 2.24) is 5.32 Å². The van der Waals surface area contributed by atoms with Gasteiger partial charge >= 0.3 is 0 Å². The molecule has 2 aromatic rings.